The Morgan fingerprint density at radius 1 is 0.714 bits per heavy atom. The lowest BCUT2D eigenvalue weighted by molar-refractivity contribution is 0.567. The second-order valence-corrected chi connectivity index (χ2v) is 6.36. The van der Waals surface area contributed by atoms with E-state index >= 15 is 0 Å². The fraction of sp³-hybridized carbons (Fsp3) is 1.00. The summed E-state index contributed by atoms with van der Waals surface area (Å²) in [5.41, 5.74) is 0. The zero-order chi connectivity index (χ0) is 10.9. The van der Waals surface area contributed by atoms with Gasteiger partial charge in [-0.25, -0.2) is 0 Å². The first-order valence-electron chi connectivity index (χ1n) is 5.63. The summed E-state index contributed by atoms with van der Waals surface area (Å²) >= 11 is 16.9. The fourth-order valence-electron chi connectivity index (χ4n) is 1.46. The van der Waals surface area contributed by atoms with Crippen molar-refractivity contribution in [3.05, 3.63) is 0 Å². The van der Waals surface area contributed by atoms with E-state index in [1.54, 1.807) is 0 Å². The van der Waals surface area contributed by atoms with Crippen LogP contribution in [0.3, 0.4) is 0 Å². The molecule has 0 aromatic rings. The number of rotatable bonds is 8. The van der Waals surface area contributed by atoms with Crippen molar-refractivity contribution in [1.82, 2.24) is 0 Å². The van der Waals surface area contributed by atoms with Crippen LogP contribution in [-0.4, -0.2) is 3.79 Å². The lowest BCUT2D eigenvalue weighted by atomic mass is 10.1. The van der Waals surface area contributed by atoms with Crippen molar-refractivity contribution in [3.63, 3.8) is 0 Å². The summed E-state index contributed by atoms with van der Waals surface area (Å²) in [6.07, 6.45) is 10.9. The van der Waals surface area contributed by atoms with Gasteiger partial charge in [0.05, 0.1) is 0 Å². The Morgan fingerprint density at radius 2 is 1.14 bits per heavy atom. The molecule has 0 unspecified atom stereocenters. The molecule has 0 bridgehead atoms. The minimum absolute atomic E-state index is 0.687. The SMILES string of the molecule is CCCCCCCCCCC(Cl)(Cl)Cl. The average molecular weight is 260 g/mol. The van der Waals surface area contributed by atoms with Crippen LogP contribution < -0.4 is 0 Å². The van der Waals surface area contributed by atoms with Crippen molar-refractivity contribution in [3.8, 4) is 0 Å². The maximum Gasteiger partial charge on any atom is 0.190 e. The quantitative estimate of drug-likeness (QED) is 0.377. The van der Waals surface area contributed by atoms with Gasteiger partial charge in [-0.15, -0.1) is 0 Å². The molecule has 0 nitrogen and oxygen atoms in total. The summed E-state index contributed by atoms with van der Waals surface area (Å²) in [7, 11) is 0. The highest BCUT2D eigenvalue weighted by Gasteiger charge is 2.17. The number of hydrogen-bond acceptors (Lipinski definition) is 0. The number of halogens is 3. The molecule has 0 radical (unpaired) electrons. The van der Waals surface area contributed by atoms with Crippen LogP contribution in [0, 0.1) is 0 Å². The Hall–Kier alpha value is 0.870. The monoisotopic (exact) mass is 258 g/mol. The van der Waals surface area contributed by atoms with Gasteiger partial charge in [-0.1, -0.05) is 86.7 Å². The van der Waals surface area contributed by atoms with Crippen LogP contribution in [0.4, 0.5) is 0 Å². The lowest BCUT2D eigenvalue weighted by Crippen LogP contribution is -2.00. The molecule has 0 aliphatic rings. The van der Waals surface area contributed by atoms with E-state index in [9.17, 15) is 0 Å². The van der Waals surface area contributed by atoms with Gasteiger partial charge in [0.15, 0.2) is 3.79 Å². The molecule has 0 aromatic carbocycles. The molecular weight excluding hydrogens is 238 g/mol. The van der Waals surface area contributed by atoms with Gasteiger partial charge in [0.2, 0.25) is 0 Å². The Bertz CT molecular complexity index is 118. The third-order valence-corrected chi connectivity index (χ3v) is 2.88. The van der Waals surface area contributed by atoms with Gasteiger partial charge in [0.1, 0.15) is 0 Å². The molecule has 86 valence electrons. The van der Waals surface area contributed by atoms with Gasteiger partial charge >= 0.3 is 0 Å². The predicted octanol–water partition coefficient (Wildman–Crippen LogP) is 5.89. The molecule has 0 amide bonds. The van der Waals surface area contributed by atoms with E-state index in [1.165, 1.54) is 44.9 Å². The molecule has 0 saturated heterocycles. The minimum atomic E-state index is -1.04. The average Bonchev–Trinajstić information content (AvgIpc) is 2.08. The molecule has 0 atom stereocenters. The van der Waals surface area contributed by atoms with E-state index in [2.05, 4.69) is 6.92 Å². The molecular formula is C11H21Cl3. The molecule has 0 rings (SSSR count). The molecule has 0 saturated carbocycles. The van der Waals surface area contributed by atoms with Crippen LogP contribution >= 0.6 is 34.8 Å². The van der Waals surface area contributed by atoms with E-state index in [0.717, 1.165) is 6.42 Å². The van der Waals surface area contributed by atoms with E-state index in [0.29, 0.717) is 6.42 Å². The van der Waals surface area contributed by atoms with Crippen molar-refractivity contribution in [2.45, 2.75) is 68.5 Å². The molecule has 0 aliphatic carbocycles. The van der Waals surface area contributed by atoms with Crippen LogP contribution in [0.15, 0.2) is 0 Å². The lowest BCUT2D eigenvalue weighted by Gasteiger charge is -2.09. The second kappa shape index (κ2) is 9.12. The molecule has 14 heavy (non-hydrogen) atoms. The third-order valence-electron chi connectivity index (χ3n) is 2.31. The Kier molecular flexibility index (Phi) is 9.69. The van der Waals surface area contributed by atoms with Crippen molar-refractivity contribution < 1.29 is 0 Å². The van der Waals surface area contributed by atoms with E-state index < -0.39 is 3.79 Å². The maximum absolute atomic E-state index is 5.65. The van der Waals surface area contributed by atoms with Crippen molar-refractivity contribution in [2.75, 3.05) is 0 Å². The van der Waals surface area contributed by atoms with Crippen LogP contribution in [0.1, 0.15) is 64.7 Å². The van der Waals surface area contributed by atoms with E-state index in [-0.39, 0.29) is 0 Å². The van der Waals surface area contributed by atoms with Gasteiger partial charge in [0, 0.05) is 0 Å². The largest absolute Gasteiger partial charge is 0.190 e. The molecule has 0 aromatic heterocycles. The van der Waals surface area contributed by atoms with Gasteiger partial charge in [-0.05, 0) is 12.8 Å². The van der Waals surface area contributed by atoms with E-state index in [1.807, 2.05) is 0 Å². The van der Waals surface area contributed by atoms with Gasteiger partial charge in [-0.2, -0.15) is 0 Å². The van der Waals surface area contributed by atoms with Crippen LogP contribution in [-0.2, 0) is 0 Å². The summed E-state index contributed by atoms with van der Waals surface area (Å²) in [6, 6.07) is 0. The summed E-state index contributed by atoms with van der Waals surface area (Å²) in [5, 5.41) is 0. The minimum Gasteiger partial charge on any atom is -0.0837 e. The van der Waals surface area contributed by atoms with Crippen LogP contribution in [0.2, 0.25) is 0 Å². The number of unbranched alkanes of at least 4 members (excludes halogenated alkanes) is 7. The first-order valence-corrected chi connectivity index (χ1v) is 6.76. The Balaban J connectivity index is 2.99. The Morgan fingerprint density at radius 3 is 1.57 bits per heavy atom. The number of alkyl halides is 3. The number of hydrogen-bond donors (Lipinski definition) is 0. The van der Waals surface area contributed by atoms with Gasteiger partial charge in [0.25, 0.3) is 0 Å². The highest BCUT2D eigenvalue weighted by atomic mass is 35.6. The van der Waals surface area contributed by atoms with Crippen molar-refractivity contribution >= 4 is 34.8 Å². The molecule has 0 spiro atoms. The first kappa shape index (κ1) is 14.9. The second-order valence-electron chi connectivity index (χ2n) is 3.84. The first-order chi connectivity index (χ1) is 6.56. The van der Waals surface area contributed by atoms with Crippen molar-refractivity contribution in [2.24, 2.45) is 0 Å². The summed E-state index contributed by atoms with van der Waals surface area (Å²) in [5.74, 6) is 0. The van der Waals surface area contributed by atoms with Gasteiger partial charge in [-0.3, -0.25) is 0 Å². The highest BCUT2D eigenvalue weighted by Crippen LogP contribution is 2.32. The molecule has 3 heteroatoms. The van der Waals surface area contributed by atoms with Gasteiger partial charge < -0.3 is 0 Å². The Labute approximate surface area is 103 Å². The van der Waals surface area contributed by atoms with Crippen LogP contribution in [0.25, 0.3) is 0 Å². The summed E-state index contributed by atoms with van der Waals surface area (Å²) < 4.78 is -1.04. The zero-order valence-electron chi connectivity index (χ0n) is 9.00. The van der Waals surface area contributed by atoms with Crippen LogP contribution in [0.5, 0.6) is 0 Å². The highest BCUT2D eigenvalue weighted by molar-refractivity contribution is 6.67. The smallest absolute Gasteiger partial charge is 0.0837 e. The fourth-order valence-corrected chi connectivity index (χ4v) is 1.86. The topological polar surface area (TPSA) is 0 Å². The third kappa shape index (κ3) is 12.9. The van der Waals surface area contributed by atoms with Crippen molar-refractivity contribution in [1.29, 1.82) is 0 Å². The molecule has 0 fully saturated rings. The molecule has 0 aliphatic heterocycles. The molecule has 0 heterocycles. The summed E-state index contributed by atoms with van der Waals surface area (Å²) in [4.78, 5) is 0. The zero-order valence-corrected chi connectivity index (χ0v) is 11.3. The predicted molar refractivity (Wildman–Crippen MR) is 67.5 cm³/mol. The normalized spacial score (nSPS) is 12.0. The standard InChI is InChI=1S/C11H21Cl3/c1-2-3-4-5-6-7-8-9-10-11(12,13)14/h2-10H2,1H3. The van der Waals surface area contributed by atoms with E-state index in [4.69, 9.17) is 34.8 Å². The maximum atomic E-state index is 5.65. The summed E-state index contributed by atoms with van der Waals surface area (Å²) in [6.45, 7) is 2.24. The molecule has 0 N–H and O–H groups in total.